The van der Waals surface area contributed by atoms with Gasteiger partial charge in [-0.05, 0) is 24.6 Å². The van der Waals surface area contributed by atoms with Gasteiger partial charge in [-0.25, -0.2) is 19.9 Å². The molecule has 4 aromatic heterocycles. The van der Waals surface area contributed by atoms with E-state index in [1.165, 1.54) is 24.1 Å². The molecule has 5 heterocycles. The van der Waals surface area contributed by atoms with Crippen molar-refractivity contribution in [1.29, 1.82) is 0 Å². The number of anilines is 2. The molecule has 1 amide bonds. The van der Waals surface area contributed by atoms with Crippen molar-refractivity contribution in [2.24, 2.45) is 7.05 Å². The molecule has 4 aromatic rings. The maximum atomic E-state index is 13.5. The molecule has 1 aliphatic heterocycles. The van der Waals surface area contributed by atoms with Gasteiger partial charge in [-0.3, -0.25) is 9.48 Å². The highest BCUT2D eigenvalue weighted by Gasteiger charge is 2.36. The molecule has 0 aliphatic carbocycles. The van der Waals surface area contributed by atoms with E-state index in [1.807, 2.05) is 6.92 Å². The molecular weight excluding hydrogens is 503 g/mol. The van der Waals surface area contributed by atoms with E-state index >= 15 is 0 Å². The summed E-state index contributed by atoms with van der Waals surface area (Å²) in [6.07, 6.45) is 0.446. The van der Waals surface area contributed by atoms with E-state index in [-0.39, 0.29) is 24.7 Å². The van der Waals surface area contributed by atoms with Crippen molar-refractivity contribution in [3.8, 4) is 11.4 Å². The highest BCUT2D eigenvalue weighted by atomic mass is 19.4. The Balaban J connectivity index is 1.45. The van der Waals surface area contributed by atoms with Gasteiger partial charge >= 0.3 is 6.18 Å². The van der Waals surface area contributed by atoms with E-state index in [9.17, 15) is 18.0 Å². The number of alkyl halides is 3. The van der Waals surface area contributed by atoms with Gasteiger partial charge in [-0.1, -0.05) is 6.07 Å². The minimum Gasteiger partial charge on any atom is -0.382 e. The molecule has 0 bridgehead atoms. The number of aryl methyl sites for hydroxylation is 2. The molecule has 0 spiro atoms. The first-order valence-electron chi connectivity index (χ1n) is 11.6. The monoisotopic (exact) mass is 527 g/mol. The van der Waals surface area contributed by atoms with Crippen LogP contribution in [0.1, 0.15) is 27.6 Å². The third-order valence-corrected chi connectivity index (χ3v) is 6.14. The summed E-state index contributed by atoms with van der Waals surface area (Å²) >= 11 is 0. The number of imidazole rings is 1. The third-order valence-electron chi connectivity index (χ3n) is 6.14. The molecule has 0 radical (unpaired) electrons. The summed E-state index contributed by atoms with van der Waals surface area (Å²) in [5, 5.41) is 7.21. The van der Waals surface area contributed by atoms with Crippen LogP contribution in [0.4, 0.5) is 24.9 Å². The number of methoxy groups -OCH3 is 1. The van der Waals surface area contributed by atoms with Crippen LogP contribution < -0.4 is 5.32 Å². The van der Waals surface area contributed by atoms with Gasteiger partial charge < -0.3 is 19.5 Å². The predicted molar refractivity (Wildman–Crippen MR) is 129 cm³/mol. The van der Waals surface area contributed by atoms with Crippen LogP contribution in [0, 0.1) is 6.92 Å². The molecule has 0 aromatic carbocycles. The summed E-state index contributed by atoms with van der Waals surface area (Å²) < 4.78 is 48.2. The maximum absolute atomic E-state index is 13.5. The number of amides is 1. The Kier molecular flexibility index (Phi) is 6.57. The third kappa shape index (κ3) is 4.94. The second-order valence-corrected chi connectivity index (χ2v) is 8.85. The zero-order chi connectivity index (χ0) is 27.0. The molecule has 0 fully saturated rings. The number of nitrogens with zero attached hydrogens (tertiary/aromatic N) is 8. The summed E-state index contributed by atoms with van der Waals surface area (Å²) in [6.45, 7) is 2.24. The van der Waals surface area contributed by atoms with E-state index in [4.69, 9.17) is 4.74 Å². The van der Waals surface area contributed by atoms with Gasteiger partial charge in [0.25, 0.3) is 5.91 Å². The van der Waals surface area contributed by atoms with Crippen LogP contribution in [-0.4, -0.2) is 64.8 Å². The largest absolute Gasteiger partial charge is 0.433 e. The van der Waals surface area contributed by atoms with Gasteiger partial charge in [0, 0.05) is 39.2 Å². The SMILES string of the molecule is COCC1Cn2cc(-c3nc(Nc4ccnn4C)ncc3C)nc2C(=O)N1Cc1cccc(C(F)(F)F)n1. The van der Waals surface area contributed by atoms with Gasteiger partial charge in [-0.15, -0.1) is 0 Å². The number of carbonyl (C=O) groups excluding carboxylic acids is 1. The van der Waals surface area contributed by atoms with Gasteiger partial charge in [0.2, 0.25) is 5.95 Å². The maximum Gasteiger partial charge on any atom is 0.433 e. The van der Waals surface area contributed by atoms with E-state index in [0.29, 0.717) is 29.7 Å². The fourth-order valence-corrected chi connectivity index (χ4v) is 4.27. The zero-order valence-electron chi connectivity index (χ0n) is 20.8. The fourth-order valence-electron chi connectivity index (χ4n) is 4.27. The quantitative estimate of drug-likeness (QED) is 0.390. The first kappa shape index (κ1) is 25.3. The lowest BCUT2D eigenvalue weighted by Gasteiger charge is -2.35. The second-order valence-electron chi connectivity index (χ2n) is 8.85. The van der Waals surface area contributed by atoms with Crippen molar-refractivity contribution >= 4 is 17.7 Å². The smallest absolute Gasteiger partial charge is 0.382 e. The zero-order valence-corrected chi connectivity index (χ0v) is 20.8. The molecule has 38 heavy (non-hydrogen) atoms. The Morgan fingerprint density at radius 3 is 2.71 bits per heavy atom. The Labute approximate surface area is 215 Å². The van der Waals surface area contributed by atoms with Crippen LogP contribution in [0.15, 0.2) is 42.9 Å². The number of hydrogen-bond acceptors (Lipinski definition) is 8. The van der Waals surface area contributed by atoms with Crippen molar-refractivity contribution in [2.45, 2.75) is 32.2 Å². The average Bonchev–Trinajstić information content (AvgIpc) is 3.48. The van der Waals surface area contributed by atoms with E-state index in [1.54, 1.807) is 41.0 Å². The normalized spacial score (nSPS) is 15.6. The average molecular weight is 528 g/mol. The van der Waals surface area contributed by atoms with Crippen molar-refractivity contribution < 1.29 is 22.7 Å². The van der Waals surface area contributed by atoms with E-state index < -0.39 is 23.8 Å². The molecule has 1 atom stereocenters. The summed E-state index contributed by atoms with van der Waals surface area (Å²) in [7, 11) is 3.28. The van der Waals surface area contributed by atoms with Crippen LogP contribution in [-0.2, 0) is 31.1 Å². The van der Waals surface area contributed by atoms with Gasteiger partial charge in [0.05, 0.1) is 36.8 Å². The first-order chi connectivity index (χ1) is 18.1. The fraction of sp³-hybridized carbons (Fsp3) is 0.333. The molecule has 14 heteroatoms. The van der Waals surface area contributed by atoms with Crippen molar-refractivity contribution in [1.82, 2.24) is 39.2 Å². The number of fused-ring (bicyclic) bond motifs is 1. The Bertz CT molecular complexity index is 1480. The Hall–Kier alpha value is -4.33. The van der Waals surface area contributed by atoms with Crippen molar-refractivity contribution in [3.05, 3.63) is 65.6 Å². The second kappa shape index (κ2) is 9.85. The molecule has 5 rings (SSSR count). The number of halogens is 3. The number of nitrogens with one attached hydrogen (secondary N) is 1. The standard InChI is InChI=1S/C24H24F3N9O2/c1-14-9-28-23(32-19-7-8-29-34(19)2)33-20(14)17-12-35-11-16(13-38-3)36(22(37)21(35)31-17)10-15-5-4-6-18(30-15)24(25,26)27/h4-9,12,16H,10-11,13H2,1-3H3,(H,28,32,33). The molecule has 198 valence electrons. The Morgan fingerprint density at radius 1 is 1.18 bits per heavy atom. The Morgan fingerprint density at radius 2 is 2.00 bits per heavy atom. The van der Waals surface area contributed by atoms with Crippen LogP contribution in [0.5, 0.6) is 0 Å². The summed E-state index contributed by atoms with van der Waals surface area (Å²) in [4.78, 5) is 32.2. The highest BCUT2D eigenvalue weighted by Crippen LogP contribution is 2.29. The summed E-state index contributed by atoms with van der Waals surface area (Å²) in [6, 6.07) is 4.97. The minimum atomic E-state index is -4.58. The van der Waals surface area contributed by atoms with Crippen molar-refractivity contribution in [2.75, 3.05) is 19.0 Å². The first-order valence-corrected chi connectivity index (χ1v) is 11.6. The molecule has 11 nitrogen and oxygen atoms in total. The molecule has 1 aliphatic rings. The minimum absolute atomic E-state index is 0.118. The number of hydrogen-bond donors (Lipinski definition) is 1. The molecule has 1 unspecified atom stereocenters. The molecule has 1 N–H and O–H groups in total. The lowest BCUT2D eigenvalue weighted by atomic mass is 10.1. The van der Waals surface area contributed by atoms with Crippen LogP contribution >= 0.6 is 0 Å². The predicted octanol–water partition coefficient (Wildman–Crippen LogP) is 3.21. The van der Waals surface area contributed by atoms with E-state index in [2.05, 4.69) is 30.4 Å². The van der Waals surface area contributed by atoms with Crippen LogP contribution in [0.25, 0.3) is 11.4 Å². The van der Waals surface area contributed by atoms with E-state index in [0.717, 1.165) is 11.6 Å². The van der Waals surface area contributed by atoms with Crippen LogP contribution in [0.3, 0.4) is 0 Å². The van der Waals surface area contributed by atoms with Gasteiger partial charge in [0.1, 0.15) is 17.2 Å². The number of pyridine rings is 1. The highest BCUT2D eigenvalue weighted by molar-refractivity contribution is 5.92. The lowest BCUT2D eigenvalue weighted by Crippen LogP contribution is -2.49. The topological polar surface area (TPSA) is 116 Å². The number of carbonyl (C=O) groups is 1. The van der Waals surface area contributed by atoms with Crippen LogP contribution in [0.2, 0.25) is 0 Å². The summed E-state index contributed by atoms with van der Waals surface area (Å²) in [5.41, 5.74) is 0.862. The molecular formula is C24H24F3N9O2. The molecule has 0 saturated carbocycles. The molecule has 0 saturated heterocycles. The summed E-state index contributed by atoms with van der Waals surface area (Å²) in [5.74, 6) is 0.739. The number of ether oxygens (including phenoxy) is 1. The van der Waals surface area contributed by atoms with Gasteiger partial charge in [-0.2, -0.15) is 18.3 Å². The lowest BCUT2D eigenvalue weighted by molar-refractivity contribution is -0.141. The van der Waals surface area contributed by atoms with Gasteiger partial charge in [0.15, 0.2) is 5.82 Å². The number of aromatic nitrogens is 7. The number of rotatable bonds is 7. The van der Waals surface area contributed by atoms with Crippen molar-refractivity contribution in [3.63, 3.8) is 0 Å².